The Bertz CT molecular complexity index is 57.2. The summed E-state index contributed by atoms with van der Waals surface area (Å²) < 4.78 is 0. The van der Waals surface area contributed by atoms with Crippen LogP contribution in [0.3, 0.4) is 0 Å². The Hall–Kier alpha value is -0.160. The van der Waals surface area contributed by atoms with E-state index in [4.69, 9.17) is 10.7 Å². The number of nitrogens with two attached hydrogens (primary N) is 1. The van der Waals surface area contributed by atoms with E-state index in [0.717, 1.165) is 5.28 Å². The van der Waals surface area contributed by atoms with E-state index < -0.39 is 0 Å². The lowest BCUT2D eigenvalue weighted by Gasteiger charge is -2.28. The zero-order valence-electron chi connectivity index (χ0n) is 5.46. The molecule has 2 N–H and O–H groups in total. The van der Waals surface area contributed by atoms with Gasteiger partial charge in [0, 0.05) is 0 Å². The zero-order valence-corrected chi connectivity index (χ0v) is 5.46. The highest BCUT2D eigenvalue weighted by atomic mass is 16.7. The van der Waals surface area contributed by atoms with Crippen molar-refractivity contribution in [2.45, 2.75) is 20.0 Å². The Balaban J connectivity index is 3.10. The van der Waals surface area contributed by atoms with Gasteiger partial charge in [-0.15, -0.1) is 7.05 Å². The molecule has 0 amide bonds. The summed E-state index contributed by atoms with van der Waals surface area (Å²) in [6.07, 6.45) is 0.0868. The molecule has 0 saturated carbocycles. The first-order valence-corrected chi connectivity index (χ1v) is 2.48. The Labute approximate surface area is 49.5 Å². The van der Waals surface area contributed by atoms with Crippen LogP contribution >= 0.6 is 0 Å². The predicted octanol–water partition coefficient (Wildman–Crippen LogP) is 0.421. The van der Waals surface area contributed by atoms with E-state index >= 15 is 0 Å². The van der Waals surface area contributed by atoms with E-state index in [2.05, 4.69) is 5.43 Å². The molecule has 0 bridgehead atoms. The molecule has 0 aliphatic rings. The van der Waals surface area contributed by atoms with Crippen LogP contribution in [0.4, 0.5) is 0 Å². The van der Waals surface area contributed by atoms with Crippen LogP contribution in [0.2, 0.25) is 0 Å². The van der Waals surface area contributed by atoms with Crippen LogP contribution in [0.25, 0.3) is 5.43 Å². The molecule has 0 rings (SSSR count). The second kappa shape index (κ2) is 3.80. The normalized spacial score (nSPS) is 11.2. The van der Waals surface area contributed by atoms with Crippen LogP contribution in [0.15, 0.2) is 0 Å². The third-order valence-electron chi connectivity index (χ3n) is 0.516. The molecule has 0 aromatic rings. The minimum atomic E-state index is 0.0868. The summed E-state index contributed by atoms with van der Waals surface area (Å²) >= 11 is 0. The van der Waals surface area contributed by atoms with E-state index in [1.54, 1.807) is 7.05 Å². The van der Waals surface area contributed by atoms with E-state index in [1.807, 2.05) is 13.8 Å². The Morgan fingerprint density at radius 3 is 2.25 bits per heavy atom. The minimum absolute atomic E-state index is 0.0868. The number of nitrogens with zero attached hydrogens (tertiary/aromatic N) is 2. The lowest BCUT2D eigenvalue weighted by atomic mass is 10.5. The molecule has 0 aliphatic carbocycles. The highest BCUT2D eigenvalue weighted by Crippen LogP contribution is 1.92. The van der Waals surface area contributed by atoms with Gasteiger partial charge in [-0.1, -0.05) is 0 Å². The highest BCUT2D eigenvalue weighted by molar-refractivity contribution is 4.51. The van der Waals surface area contributed by atoms with Crippen molar-refractivity contribution in [2.24, 2.45) is 5.84 Å². The summed E-state index contributed by atoms with van der Waals surface area (Å²) in [5, 5.41) is 0.949. The van der Waals surface area contributed by atoms with Gasteiger partial charge >= 0.3 is 0 Å². The van der Waals surface area contributed by atoms with Gasteiger partial charge in [0.05, 0.1) is 6.10 Å². The van der Waals surface area contributed by atoms with Crippen molar-refractivity contribution < 1.29 is 4.84 Å². The third kappa shape index (κ3) is 4.01. The third-order valence-corrected chi connectivity index (χ3v) is 0.516. The summed E-state index contributed by atoms with van der Waals surface area (Å²) in [5.41, 5.74) is 3.52. The van der Waals surface area contributed by atoms with E-state index in [0.29, 0.717) is 0 Å². The summed E-state index contributed by atoms with van der Waals surface area (Å²) in [5.74, 6) is 5.12. The van der Waals surface area contributed by atoms with E-state index in [1.165, 1.54) is 0 Å². The van der Waals surface area contributed by atoms with Crippen molar-refractivity contribution in [1.82, 2.24) is 5.28 Å². The van der Waals surface area contributed by atoms with Gasteiger partial charge in [-0.2, -0.15) is 0 Å². The second-order valence-corrected chi connectivity index (χ2v) is 1.66. The monoisotopic (exact) mass is 118 g/mol. The maximum Gasteiger partial charge on any atom is 0.0733 e. The molecule has 50 valence electrons. The molecule has 4 heteroatoms. The molecule has 8 heavy (non-hydrogen) atoms. The molecule has 0 saturated heterocycles. The molecule has 0 radical (unpaired) electrons. The summed E-state index contributed by atoms with van der Waals surface area (Å²) in [6, 6.07) is 0. The minimum Gasteiger partial charge on any atom is -0.556 e. The molecule has 0 spiro atoms. The second-order valence-electron chi connectivity index (χ2n) is 1.66. The van der Waals surface area contributed by atoms with Crippen LogP contribution in [-0.4, -0.2) is 18.4 Å². The Morgan fingerprint density at radius 1 is 1.62 bits per heavy atom. The molecule has 0 aromatic heterocycles. The molecule has 0 heterocycles. The Kier molecular flexibility index (Phi) is 3.72. The maximum atomic E-state index is 5.12. The van der Waals surface area contributed by atoms with Crippen molar-refractivity contribution in [1.29, 1.82) is 0 Å². The van der Waals surface area contributed by atoms with Gasteiger partial charge in [-0.05, 0) is 13.8 Å². The summed E-state index contributed by atoms with van der Waals surface area (Å²) in [4.78, 5) is 4.84. The average molecular weight is 118 g/mol. The van der Waals surface area contributed by atoms with Gasteiger partial charge in [0.15, 0.2) is 0 Å². The summed E-state index contributed by atoms with van der Waals surface area (Å²) in [7, 11) is 1.56. The number of hydrogen-bond donors (Lipinski definition) is 1. The first kappa shape index (κ1) is 7.84. The molecule has 4 nitrogen and oxygen atoms in total. The van der Waals surface area contributed by atoms with E-state index in [-0.39, 0.29) is 6.10 Å². The topological polar surface area (TPSA) is 52.6 Å². The molecular formula is C4H12N3O-. The average Bonchev–Trinajstić information content (AvgIpc) is 1.65. The number of hydrazine groups is 1. The fourth-order valence-electron chi connectivity index (χ4n) is 0.263. The van der Waals surface area contributed by atoms with Gasteiger partial charge in [0.25, 0.3) is 0 Å². The van der Waals surface area contributed by atoms with Crippen LogP contribution in [-0.2, 0) is 4.84 Å². The number of rotatable bonds is 3. The molecule has 0 aromatic carbocycles. The standard InChI is InChI=1S/C4H12N3O/c1-4(2)8-7(5)6-3/h4H,5H2,1-3H3/q-1. The molecule has 0 aliphatic heterocycles. The molecular weight excluding hydrogens is 106 g/mol. The Morgan fingerprint density at radius 2 is 2.12 bits per heavy atom. The summed E-state index contributed by atoms with van der Waals surface area (Å²) in [6.45, 7) is 3.76. The predicted molar refractivity (Wildman–Crippen MR) is 31.5 cm³/mol. The lowest BCUT2D eigenvalue weighted by molar-refractivity contribution is -0.163. The van der Waals surface area contributed by atoms with Crippen molar-refractivity contribution >= 4 is 0 Å². The smallest absolute Gasteiger partial charge is 0.0733 e. The number of hydrogen-bond acceptors (Lipinski definition) is 3. The fourth-order valence-corrected chi connectivity index (χ4v) is 0.263. The fraction of sp³-hybridized carbons (Fsp3) is 1.00. The lowest BCUT2D eigenvalue weighted by Crippen LogP contribution is -2.29. The van der Waals surface area contributed by atoms with Crippen molar-refractivity contribution in [2.75, 3.05) is 7.05 Å². The van der Waals surface area contributed by atoms with Gasteiger partial charge < -0.3 is 10.3 Å². The molecule has 0 unspecified atom stereocenters. The van der Waals surface area contributed by atoms with Crippen LogP contribution in [0.5, 0.6) is 0 Å². The van der Waals surface area contributed by atoms with Crippen molar-refractivity contribution in [3.05, 3.63) is 5.43 Å². The van der Waals surface area contributed by atoms with Crippen LogP contribution in [0, 0.1) is 0 Å². The van der Waals surface area contributed by atoms with Gasteiger partial charge in [-0.25, -0.2) is 5.28 Å². The van der Waals surface area contributed by atoms with Crippen LogP contribution in [0.1, 0.15) is 13.8 Å². The van der Waals surface area contributed by atoms with Gasteiger partial charge in [0.1, 0.15) is 0 Å². The highest BCUT2D eigenvalue weighted by Gasteiger charge is 1.89. The van der Waals surface area contributed by atoms with Gasteiger partial charge in [-0.3, -0.25) is 5.84 Å². The zero-order chi connectivity index (χ0) is 6.57. The van der Waals surface area contributed by atoms with Gasteiger partial charge in [0.2, 0.25) is 0 Å². The largest absolute Gasteiger partial charge is 0.556 e. The van der Waals surface area contributed by atoms with E-state index in [9.17, 15) is 0 Å². The SMILES string of the molecule is C[N-]N(N)OC(C)C. The van der Waals surface area contributed by atoms with Crippen molar-refractivity contribution in [3.63, 3.8) is 0 Å². The maximum absolute atomic E-state index is 5.12. The van der Waals surface area contributed by atoms with Crippen LogP contribution < -0.4 is 5.84 Å². The first-order valence-electron chi connectivity index (χ1n) is 2.48. The quantitative estimate of drug-likeness (QED) is 0.431. The first-order chi connectivity index (χ1) is 3.66. The molecule has 0 atom stereocenters. The molecule has 0 fully saturated rings. The van der Waals surface area contributed by atoms with Crippen molar-refractivity contribution in [3.8, 4) is 0 Å².